The summed E-state index contributed by atoms with van der Waals surface area (Å²) in [7, 11) is 0. The lowest BCUT2D eigenvalue weighted by Gasteiger charge is -2.29. The molecule has 0 saturated carbocycles. The molecule has 1 aliphatic rings. The summed E-state index contributed by atoms with van der Waals surface area (Å²) in [6, 6.07) is 10.5. The number of anilines is 1. The normalized spacial score (nSPS) is 16.5. The Morgan fingerprint density at radius 2 is 1.85 bits per heavy atom. The van der Waals surface area contributed by atoms with Gasteiger partial charge in [0.05, 0.1) is 5.69 Å². The molecular weight excluding hydrogens is 184 g/mol. The lowest BCUT2D eigenvalue weighted by molar-refractivity contribution is 0.512. The molecule has 1 aromatic rings. The van der Waals surface area contributed by atoms with Gasteiger partial charge < -0.3 is 5.01 Å². The number of hydrazine groups is 1. The van der Waals surface area contributed by atoms with Gasteiger partial charge in [-0.1, -0.05) is 18.2 Å². The molecule has 13 heavy (non-hydrogen) atoms. The van der Waals surface area contributed by atoms with Crippen molar-refractivity contribution >= 4 is 18.1 Å². The molecule has 0 radical (unpaired) electrons. The first-order chi connectivity index (χ1) is 5.97. The molecule has 0 amide bonds. The van der Waals surface area contributed by atoms with E-state index >= 15 is 0 Å². The third-order valence-corrected chi connectivity index (χ3v) is 2.18. The first kappa shape index (κ1) is 10.4. The minimum Gasteiger partial charge on any atom is -0.308 e. The van der Waals surface area contributed by atoms with E-state index in [1.807, 2.05) is 6.07 Å². The Hall–Kier alpha value is -0.730. The lowest BCUT2D eigenvalue weighted by Crippen LogP contribution is -2.43. The van der Waals surface area contributed by atoms with E-state index in [9.17, 15) is 0 Å². The number of hydrogen-bond acceptors (Lipinski definition) is 2. The van der Waals surface area contributed by atoms with Crippen LogP contribution in [0.4, 0.5) is 5.69 Å². The van der Waals surface area contributed by atoms with Crippen LogP contribution in [0.25, 0.3) is 0 Å². The molecule has 1 aliphatic heterocycles. The van der Waals surface area contributed by atoms with Crippen LogP contribution in [0.15, 0.2) is 30.3 Å². The van der Waals surface area contributed by atoms with Crippen molar-refractivity contribution in [3.05, 3.63) is 30.3 Å². The van der Waals surface area contributed by atoms with Crippen LogP contribution in [-0.2, 0) is 0 Å². The molecule has 0 unspecified atom stereocenters. The van der Waals surface area contributed by atoms with Gasteiger partial charge in [-0.3, -0.25) is 0 Å². The Bertz CT molecular complexity index is 232. The van der Waals surface area contributed by atoms with Crippen molar-refractivity contribution in [3.8, 4) is 0 Å². The summed E-state index contributed by atoms with van der Waals surface area (Å²) < 4.78 is 0. The fourth-order valence-corrected chi connectivity index (χ4v) is 1.52. The molecule has 1 saturated heterocycles. The molecule has 0 aliphatic carbocycles. The molecule has 3 heteroatoms. The molecule has 0 spiro atoms. The van der Waals surface area contributed by atoms with Crippen molar-refractivity contribution in [2.24, 2.45) is 0 Å². The maximum Gasteiger partial charge on any atom is 0.0519 e. The van der Waals surface area contributed by atoms with Crippen LogP contribution in [0.5, 0.6) is 0 Å². The Morgan fingerprint density at radius 3 is 2.46 bits per heavy atom. The van der Waals surface area contributed by atoms with E-state index in [0.29, 0.717) is 0 Å². The fraction of sp³-hybridized carbons (Fsp3) is 0.400. The van der Waals surface area contributed by atoms with E-state index in [1.165, 1.54) is 18.5 Å². The van der Waals surface area contributed by atoms with Crippen LogP contribution >= 0.6 is 12.4 Å². The van der Waals surface area contributed by atoms with Gasteiger partial charge in [-0.15, -0.1) is 12.4 Å². The van der Waals surface area contributed by atoms with Gasteiger partial charge in [-0.05, 0) is 25.0 Å². The Morgan fingerprint density at radius 1 is 1.08 bits per heavy atom. The summed E-state index contributed by atoms with van der Waals surface area (Å²) in [6.45, 7) is 2.24. The minimum atomic E-state index is 0. The van der Waals surface area contributed by atoms with Crippen LogP contribution in [0.3, 0.4) is 0 Å². The Labute approximate surface area is 85.3 Å². The number of halogens is 1. The van der Waals surface area contributed by atoms with Gasteiger partial charge in [0.25, 0.3) is 0 Å². The van der Waals surface area contributed by atoms with E-state index in [4.69, 9.17) is 0 Å². The molecule has 1 fully saturated rings. The molecule has 72 valence electrons. The minimum absolute atomic E-state index is 0. The highest BCUT2D eigenvalue weighted by Gasteiger charge is 2.08. The molecule has 2 rings (SSSR count). The third-order valence-electron chi connectivity index (χ3n) is 2.18. The zero-order valence-electron chi connectivity index (χ0n) is 7.57. The first-order valence-corrected chi connectivity index (χ1v) is 4.53. The fourth-order valence-electron chi connectivity index (χ4n) is 1.52. The molecule has 1 heterocycles. The average Bonchev–Trinajstić information content (AvgIpc) is 2.21. The second-order valence-corrected chi connectivity index (χ2v) is 3.10. The van der Waals surface area contributed by atoms with E-state index < -0.39 is 0 Å². The summed E-state index contributed by atoms with van der Waals surface area (Å²) in [4.78, 5) is 0. The Kier molecular flexibility index (Phi) is 4.06. The standard InChI is InChI=1S/C10H14N2.ClH/c1-2-6-10(7-3-1)12-9-5-4-8-11-12;/h1-3,6-7,11H,4-5,8-9H2;1H. The van der Waals surface area contributed by atoms with Crippen LogP contribution in [-0.4, -0.2) is 13.1 Å². The van der Waals surface area contributed by atoms with Gasteiger partial charge >= 0.3 is 0 Å². The van der Waals surface area contributed by atoms with E-state index in [0.717, 1.165) is 13.1 Å². The summed E-state index contributed by atoms with van der Waals surface area (Å²) in [5, 5.41) is 2.23. The average molecular weight is 199 g/mol. The number of rotatable bonds is 1. The zero-order valence-corrected chi connectivity index (χ0v) is 8.39. The maximum atomic E-state index is 3.37. The highest BCUT2D eigenvalue weighted by atomic mass is 35.5. The molecule has 0 aromatic heterocycles. The van der Waals surface area contributed by atoms with E-state index in [1.54, 1.807) is 0 Å². The maximum absolute atomic E-state index is 3.37. The zero-order chi connectivity index (χ0) is 8.23. The lowest BCUT2D eigenvalue weighted by atomic mass is 10.2. The van der Waals surface area contributed by atoms with Gasteiger partial charge in [-0.2, -0.15) is 0 Å². The van der Waals surface area contributed by atoms with Gasteiger partial charge in [0.2, 0.25) is 0 Å². The molecule has 0 bridgehead atoms. The summed E-state index contributed by atoms with van der Waals surface area (Å²) in [6.07, 6.45) is 2.59. The van der Waals surface area contributed by atoms with E-state index in [-0.39, 0.29) is 12.4 Å². The van der Waals surface area contributed by atoms with Crippen molar-refractivity contribution in [2.75, 3.05) is 18.1 Å². The second-order valence-electron chi connectivity index (χ2n) is 3.10. The van der Waals surface area contributed by atoms with Crippen LogP contribution in [0.2, 0.25) is 0 Å². The van der Waals surface area contributed by atoms with Crippen molar-refractivity contribution in [3.63, 3.8) is 0 Å². The summed E-state index contributed by atoms with van der Waals surface area (Å²) >= 11 is 0. The Balaban J connectivity index is 0.000000845. The van der Waals surface area contributed by atoms with Crippen LogP contribution < -0.4 is 10.4 Å². The number of para-hydroxylation sites is 1. The smallest absolute Gasteiger partial charge is 0.0519 e. The monoisotopic (exact) mass is 198 g/mol. The molecule has 0 atom stereocenters. The number of benzene rings is 1. The largest absolute Gasteiger partial charge is 0.308 e. The van der Waals surface area contributed by atoms with Gasteiger partial charge in [0.1, 0.15) is 0 Å². The van der Waals surface area contributed by atoms with Crippen molar-refractivity contribution < 1.29 is 0 Å². The molecule has 2 nitrogen and oxygen atoms in total. The number of nitrogens with one attached hydrogen (secondary N) is 1. The molecular formula is C10H15ClN2. The van der Waals surface area contributed by atoms with E-state index in [2.05, 4.69) is 34.7 Å². The van der Waals surface area contributed by atoms with Gasteiger partial charge in [-0.25, -0.2) is 5.43 Å². The third kappa shape index (κ3) is 2.61. The quantitative estimate of drug-likeness (QED) is 0.745. The predicted octanol–water partition coefficient (Wildman–Crippen LogP) is 2.21. The highest BCUT2D eigenvalue weighted by molar-refractivity contribution is 5.85. The van der Waals surface area contributed by atoms with Crippen LogP contribution in [0, 0.1) is 0 Å². The van der Waals surface area contributed by atoms with Gasteiger partial charge in [0.15, 0.2) is 0 Å². The molecule has 1 N–H and O–H groups in total. The first-order valence-electron chi connectivity index (χ1n) is 4.53. The predicted molar refractivity (Wildman–Crippen MR) is 58.3 cm³/mol. The van der Waals surface area contributed by atoms with Crippen LogP contribution in [0.1, 0.15) is 12.8 Å². The number of hydrogen-bond donors (Lipinski definition) is 1. The van der Waals surface area contributed by atoms with Gasteiger partial charge in [0, 0.05) is 13.1 Å². The van der Waals surface area contributed by atoms with Crippen molar-refractivity contribution in [2.45, 2.75) is 12.8 Å². The topological polar surface area (TPSA) is 15.3 Å². The molecule has 1 aromatic carbocycles. The van der Waals surface area contributed by atoms with Crippen molar-refractivity contribution in [1.29, 1.82) is 0 Å². The second kappa shape index (κ2) is 5.10. The highest BCUT2D eigenvalue weighted by Crippen LogP contribution is 2.13. The number of nitrogens with zero attached hydrogens (tertiary/aromatic N) is 1. The SMILES string of the molecule is Cl.c1ccc(N2CCCCN2)cc1. The summed E-state index contributed by atoms with van der Waals surface area (Å²) in [5.74, 6) is 0. The summed E-state index contributed by atoms with van der Waals surface area (Å²) in [5.41, 5.74) is 4.64. The van der Waals surface area contributed by atoms with Crippen molar-refractivity contribution in [1.82, 2.24) is 5.43 Å².